The third-order valence-electron chi connectivity index (χ3n) is 4.47. The second kappa shape index (κ2) is 7.28. The molecule has 2 aromatic heterocycles. The van der Waals surface area contributed by atoms with Gasteiger partial charge in [0, 0.05) is 44.1 Å². The summed E-state index contributed by atoms with van der Waals surface area (Å²) in [6.45, 7) is 8.15. The van der Waals surface area contributed by atoms with Crippen molar-refractivity contribution >= 4 is 11.9 Å². The molecule has 2 fully saturated rings. The third-order valence-corrected chi connectivity index (χ3v) is 4.47. The summed E-state index contributed by atoms with van der Waals surface area (Å²) in [5, 5.41) is 0. The van der Waals surface area contributed by atoms with Gasteiger partial charge in [0.25, 0.3) is 0 Å². The monoisotopic (exact) mass is 342 g/mol. The lowest BCUT2D eigenvalue weighted by Crippen LogP contribution is -2.37. The maximum atomic E-state index is 5.40. The molecule has 0 aromatic carbocycles. The Morgan fingerprint density at radius 3 is 2.04 bits per heavy atom. The highest BCUT2D eigenvalue weighted by molar-refractivity contribution is 5.62. The molecule has 0 bridgehead atoms. The second-order valence-corrected chi connectivity index (χ2v) is 6.11. The Morgan fingerprint density at radius 1 is 0.840 bits per heavy atom. The molecule has 0 N–H and O–H groups in total. The molecule has 0 saturated carbocycles. The molecule has 0 aliphatic carbocycles. The third kappa shape index (κ3) is 3.54. The predicted molar refractivity (Wildman–Crippen MR) is 93.9 cm³/mol. The van der Waals surface area contributed by atoms with Crippen LogP contribution in [0.3, 0.4) is 0 Å². The number of hydrogen-bond acceptors (Lipinski definition) is 8. The topological polar surface area (TPSA) is 76.5 Å². The second-order valence-electron chi connectivity index (χ2n) is 6.11. The van der Waals surface area contributed by atoms with Gasteiger partial charge in [-0.2, -0.15) is 0 Å². The summed E-state index contributed by atoms with van der Waals surface area (Å²) in [4.78, 5) is 22.6. The van der Waals surface area contributed by atoms with Crippen molar-refractivity contribution in [3.05, 3.63) is 24.2 Å². The molecule has 132 valence electrons. The maximum Gasteiger partial charge on any atom is 0.226 e. The van der Waals surface area contributed by atoms with E-state index in [4.69, 9.17) is 14.5 Å². The quantitative estimate of drug-likeness (QED) is 0.815. The van der Waals surface area contributed by atoms with Crippen molar-refractivity contribution in [1.29, 1.82) is 0 Å². The standard InChI is InChI=1S/C17H22N6O2/c1-13-14(12-19-17(20-13)23-6-10-25-11-7-23)15-2-3-18-16(21-15)22-4-8-24-9-5-22/h2-3,12H,4-11H2,1H3. The highest BCUT2D eigenvalue weighted by atomic mass is 16.5. The molecule has 0 radical (unpaired) electrons. The zero-order valence-electron chi connectivity index (χ0n) is 14.4. The lowest BCUT2D eigenvalue weighted by Gasteiger charge is -2.27. The van der Waals surface area contributed by atoms with Crippen LogP contribution in [0.15, 0.2) is 18.5 Å². The Bertz CT molecular complexity index is 729. The van der Waals surface area contributed by atoms with E-state index < -0.39 is 0 Å². The van der Waals surface area contributed by atoms with Crippen LogP contribution in [0.2, 0.25) is 0 Å². The summed E-state index contributed by atoms with van der Waals surface area (Å²) >= 11 is 0. The summed E-state index contributed by atoms with van der Waals surface area (Å²) < 4.78 is 10.8. The predicted octanol–water partition coefficient (Wildman–Crippen LogP) is 0.915. The Kier molecular flexibility index (Phi) is 4.71. The molecule has 0 amide bonds. The zero-order valence-corrected chi connectivity index (χ0v) is 14.4. The van der Waals surface area contributed by atoms with E-state index in [1.807, 2.05) is 19.2 Å². The zero-order chi connectivity index (χ0) is 17.1. The van der Waals surface area contributed by atoms with E-state index >= 15 is 0 Å². The molecule has 4 rings (SSSR count). The fraction of sp³-hybridized carbons (Fsp3) is 0.529. The fourth-order valence-electron chi connectivity index (χ4n) is 3.04. The fourth-order valence-corrected chi connectivity index (χ4v) is 3.04. The summed E-state index contributed by atoms with van der Waals surface area (Å²) in [6.07, 6.45) is 3.65. The van der Waals surface area contributed by atoms with Gasteiger partial charge >= 0.3 is 0 Å². The normalized spacial score (nSPS) is 18.4. The SMILES string of the molecule is Cc1nc(N2CCOCC2)ncc1-c1ccnc(N2CCOCC2)n1. The Morgan fingerprint density at radius 2 is 1.44 bits per heavy atom. The molecule has 25 heavy (non-hydrogen) atoms. The van der Waals surface area contributed by atoms with Crippen molar-refractivity contribution in [2.75, 3.05) is 62.4 Å². The average molecular weight is 342 g/mol. The molecular weight excluding hydrogens is 320 g/mol. The molecule has 2 saturated heterocycles. The summed E-state index contributed by atoms with van der Waals surface area (Å²) in [6, 6.07) is 1.91. The Balaban J connectivity index is 1.58. The van der Waals surface area contributed by atoms with Gasteiger partial charge in [-0.1, -0.05) is 0 Å². The van der Waals surface area contributed by atoms with Gasteiger partial charge in [-0.05, 0) is 13.0 Å². The molecule has 4 heterocycles. The van der Waals surface area contributed by atoms with Crippen LogP contribution in [0.25, 0.3) is 11.3 Å². The maximum absolute atomic E-state index is 5.40. The van der Waals surface area contributed by atoms with Gasteiger partial charge in [-0.15, -0.1) is 0 Å². The number of aromatic nitrogens is 4. The van der Waals surface area contributed by atoms with Crippen molar-refractivity contribution in [2.45, 2.75) is 6.92 Å². The minimum absolute atomic E-state index is 0.712. The number of morpholine rings is 2. The van der Waals surface area contributed by atoms with Crippen LogP contribution in [-0.2, 0) is 9.47 Å². The van der Waals surface area contributed by atoms with Crippen molar-refractivity contribution in [2.24, 2.45) is 0 Å². The number of aryl methyl sites for hydroxylation is 1. The van der Waals surface area contributed by atoms with Crippen LogP contribution in [0.4, 0.5) is 11.9 Å². The first-order valence-electron chi connectivity index (χ1n) is 8.64. The number of hydrogen-bond donors (Lipinski definition) is 0. The van der Waals surface area contributed by atoms with Crippen LogP contribution in [0, 0.1) is 6.92 Å². The summed E-state index contributed by atoms with van der Waals surface area (Å²) in [5.41, 5.74) is 2.71. The van der Waals surface area contributed by atoms with Gasteiger partial charge < -0.3 is 19.3 Å². The van der Waals surface area contributed by atoms with Gasteiger partial charge in [0.1, 0.15) is 0 Å². The minimum atomic E-state index is 0.712. The van der Waals surface area contributed by atoms with Gasteiger partial charge in [0.15, 0.2) is 0 Å². The van der Waals surface area contributed by atoms with E-state index in [1.165, 1.54) is 0 Å². The highest BCUT2D eigenvalue weighted by Crippen LogP contribution is 2.23. The van der Waals surface area contributed by atoms with Gasteiger partial charge in [0.05, 0.1) is 37.8 Å². The smallest absolute Gasteiger partial charge is 0.226 e. The lowest BCUT2D eigenvalue weighted by atomic mass is 10.2. The number of ether oxygens (including phenoxy) is 2. The van der Waals surface area contributed by atoms with Crippen molar-refractivity contribution in [1.82, 2.24) is 19.9 Å². The number of nitrogens with zero attached hydrogens (tertiary/aromatic N) is 6. The van der Waals surface area contributed by atoms with Crippen LogP contribution in [0.1, 0.15) is 5.69 Å². The molecule has 2 aliphatic rings. The van der Waals surface area contributed by atoms with Crippen LogP contribution in [-0.4, -0.2) is 72.5 Å². The van der Waals surface area contributed by atoms with Crippen molar-refractivity contribution < 1.29 is 9.47 Å². The van der Waals surface area contributed by atoms with Crippen molar-refractivity contribution in [3.8, 4) is 11.3 Å². The molecule has 8 nitrogen and oxygen atoms in total. The van der Waals surface area contributed by atoms with Crippen LogP contribution >= 0.6 is 0 Å². The molecular formula is C17H22N6O2. The van der Waals surface area contributed by atoms with E-state index in [9.17, 15) is 0 Å². The molecule has 0 spiro atoms. The van der Waals surface area contributed by atoms with E-state index in [0.29, 0.717) is 13.2 Å². The molecule has 2 aromatic rings. The molecule has 8 heteroatoms. The number of anilines is 2. The largest absolute Gasteiger partial charge is 0.378 e. The minimum Gasteiger partial charge on any atom is -0.378 e. The van der Waals surface area contributed by atoms with Crippen LogP contribution in [0.5, 0.6) is 0 Å². The summed E-state index contributed by atoms with van der Waals surface area (Å²) in [5.74, 6) is 1.49. The molecule has 0 unspecified atom stereocenters. The first-order chi connectivity index (χ1) is 12.3. The molecule has 2 aliphatic heterocycles. The summed E-state index contributed by atoms with van der Waals surface area (Å²) in [7, 11) is 0. The first-order valence-corrected chi connectivity index (χ1v) is 8.64. The Hall–Kier alpha value is -2.32. The first kappa shape index (κ1) is 16.2. The van der Waals surface area contributed by atoms with Gasteiger partial charge in [-0.3, -0.25) is 0 Å². The lowest BCUT2D eigenvalue weighted by molar-refractivity contribution is 0.122. The molecule has 0 atom stereocenters. The van der Waals surface area contributed by atoms with Gasteiger partial charge in [-0.25, -0.2) is 19.9 Å². The Labute approximate surface area is 146 Å². The van der Waals surface area contributed by atoms with E-state index in [0.717, 1.165) is 68.2 Å². The van der Waals surface area contributed by atoms with E-state index in [-0.39, 0.29) is 0 Å². The van der Waals surface area contributed by atoms with Crippen molar-refractivity contribution in [3.63, 3.8) is 0 Å². The number of rotatable bonds is 3. The van der Waals surface area contributed by atoms with E-state index in [1.54, 1.807) is 6.20 Å². The van der Waals surface area contributed by atoms with Gasteiger partial charge in [0.2, 0.25) is 11.9 Å². The highest BCUT2D eigenvalue weighted by Gasteiger charge is 2.17. The van der Waals surface area contributed by atoms with E-state index in [2.05, 4.69) is 24.8 Å². The average Bonchev–Trinajstić information content (AvgIpc) is 2.69. The van der Waals surface area contributed by atoms with Crippen LogP contribution < -0.4 is 9.80 Å².